The van der Waals surface area contributed by atoms with E-state index in [1.165, 1.54) is 20.0 Å². The van der Waals surface area contributed by atoms with Crippen molar-refractivity contribution in [2.24, 2.45) is 0 Å². The minimum Gasteiger partial charge on any atom is -0.467 e. The molecule has 0 N–H and O–H groups in total. The number of hydrogen-bond donors (Lipinski definition) is 0. The molecule has 2 fully saturated rings. The van der Waals surface area contributed by atoms with Gasteiger partial charge in [0.15, 0.2) is 0 Å². The summed E-state index contributed by atoms with van der Waals surface area (Å²) in [4.78, 5) is 13.3. The van der Waals surface area contributed by atoms with E-state index >= 15 is 0 Å². The Morgan fingerprint density at radius 1 is 1.43 bits per heavy atom. The largest absolute Gasteiger partial charge is 0.467 e. The maximum absolute atomic E-state index is 10.8. The molecule has 0 aromatic rings. The van der Waals surface area contributed by atoms with Crippen molar-refractivity contribution in [1.82, 2.24) is 4.90 Å². The van der Waals surface area contributed by atoms with Crippen LogP contribution < -0.4 is 0 Å². The van der Waals surface area contributed by atoms with Crippen LogP contribution in [0.25, 0.3) is 0 Å². The highest BCUT2D eigenvalue weighted by molar-refractivity contribution is 5.70. The van der Waals surface area contributed by atoms with Gasteiger partial charge in [-0.3, -0.25) is 4.90 Å². The summed E-state index contributed by atoms with van der Waals surface area (Å²) in [6.45, 7) is 2.21. The van der Waals surface area contributed by atoms with Gasteiger partial charge >= 0.3 is 5.97 Å². The summed E-state index contributed by atoms with van der Waals surface area (Å²) in [5.74, 6) is -0.283. The maximum Gasteiger partial charge on any atom is 0.331 e. The second-order valence-electron chi connectivity index (χ2n) is 4.02. The van der Waals surface area contributed by atoms with Crippen molar-refractivity contribution in [3.8, 4) is 0 Å². The first kappa shape index (κ1) is 9.93. The van der Waals surface area contributed by atoms with Crippen LogP contribution in [0.5, 0.6) is 0 Å². The molecular formula is C10H17NO3. The fourth-order valence-electron chi connectivity index (χ4n) is 1.91. The molecule has 1 unspecified atom stereocenters. The summed E-state index contributed by atoms with van der Waals surface area (Å²) >= 11 is 0. The Morgan fingerprint density at radius 2 is 2.21 bits per heavy atom. The molecule has 80 valence electrons. The topological polar surface area (TPSA) is 38.8 Å². The number of methoxy groups -OCH3 is 1. The van der Waals surface area contributed by atoms with Crippen LogP contribution >= 0.6 is 0 Å². The van der Waals surface area contributed by atoms with Crippen LogP contribution in [0.3, 0.4) is 0 Å². The zero-order valence-electron chi connectivity index (χ0n) is 8.57. The predicted octanol–water partition coefficient (Wildman–Crippen LogP) is 0.413. The first-order chi connectivity index (χ1) is 6.79. The normalized spacial score (nSPS) is 27.9. The van der Waals surface area contributed by atoms with Crippen LogP contribution in [-0.4, -0.2) is 49.8 Å². The Hall–Kier alpha value is -0.610. The fraction of sp³-hybridized carbons (Fsp3) is 0.900. The van der Waals surface area contributed by atoms with Crippen molar-refractivity contribution in [3.63, 3.8) is 0 Å². The Morgan fingerprint density at radius 3 is 2.86 bits per heavy atom. The summed E-state index contributed by atoms with van der Waals surface area (Å²) in [6.07, 6.45) is 3.95. The van der Waals surface area contributed by atoms with Gasteiger partial charge in [0.05, 0.1) is 13.2 Å². The molecular weight excluding hydrogens is 182 g/mol. The van der Waals surface area contributed by atoms with E-state index in [0.717, 1.165) is 25.6 Å². The van der Waals surface area contributed by atoms with Crippen LogP contribution in [0.2, 0.25) is 0 Å². The molecule has 4 heteroatoms. The molecule has 1 heterocycles. The first-order valence-electron chi connectivity index (χ1n) is 5.22. The monoisotopic (exact) mass is 199 g/mol. The summed E-state index contributed by atoms with van der Waals surface area (Å²) in [5, 5.41) is 0. The average molecular weight is 199 g/mol. The van der Waals surface area contributed by atoms with Gasteiger partial charge in [-0.15, -0.1) is 0 Å². The molecule has 0 amide bonds. The minimum absolute atomic E-state index is 0.0969. The van der Waals surface area contributed by atoms with E-state index in [-0.39, 0.29) is 18.7 Å². The molecule has 0 aromatic heterocycles. The number of hydrogen-bond acceptors (Lipinski definition) is 4. The number of carbonyl (C=O) groups excluding carboxylic acids is 1. The van der Waals surface area contributed by atoms with E-state index in [1.807, 2.05) is 0 Å². The lowest BCUT2D eigenvalue weighted by atomic mass is 10.3. The quantitative estimate of drug-likeness (QED) is 0.615. The molecule has 2 aliphatic rings. The number of likely N-dealkylation sites (tertiary alicyclic amines) is 1. The molecule has 0 bridgehead atoms. The number of nitrogens with zero attached hydrogens (tertiary/aromatic N) is 1. The second kappa shape index (κ2) is 4.28. The van der Waals surface area contributed by atoms with Crippen molar-refractivity contribution in [1.29, 1.82) is 0 Å². The van der Waals surface area contributed by atoms with Crippen LogP contribution in [0.15, 0.2) is 0 Å². The summed E-state index contributed by atoms with van der Waals surface area (Å²) in [7, 11) is 1.39. The third-order valence-corrected chi connectivity index (χ3v) is 2.90. The Labute approximate surface area is 84.2 Å². The Balaban J connectivity index is 1.65. The van der Waals surface area contributed by atoms with Gasteiger partial charge in [0.1, 0.15) is 6.61 Å². The highest BCUT2D eigenvalue weighted by Crippen LogP contribution is 2.30. The Bertz CT molecular complexity index is 215. The van der Waals surface area contributed by atoms with Crippen LogP contribution in [0, 0.1) is 0 Å². The number of carbonyl (C=O) groups is 1. The van der Waals surface area contributed by atoms with Crippen molar-refractivity contribution in [2.75, 3.05) is 26.8 Å². The number of esters is 1. The molecule has 1 saturated carbocycles. The third-order valence-electron chi connectivity index (χ3n) is 2.90. The van der Waals surface area contributed by atoms with E-state index in [0.29, 0.717) is 0 Å². The van der Waals surface area contributed by atoms with Crippen LogP contribution in [0.1, 0.15) is 19.3 Å². The van der Waals surface area contributed by atoms with Gasteiger partial charge in [0.2, 0.25) is 0 Å². The van der Waals surface area contributed by atoms with Gasteiger partial charge in [-0.25, -0.2) is 4.79 Å². The van der Waals surface area contributed by atoms with Gasteiger partial charge in [-0.2, -0.15) is 0 Å². The summed E-state index contributed by atoms with van der Waals surface area (Å²) < 4.78 is 9.97. The average Bonchev–Trinajstić information content (AvgIpc) is 2.95. The van der Waals surface area contributed by atoms with Gasteiger partial charge < -0.3 is 9.47 Å². The lowest BCUT2D eigenvalue weighted by molar-refractivity contribution is -0.147. The molecule has 1 atom stereocenters. The SMILES string of the molecule is COC(=O)COC1CCN(C2CC2)C1. The molecule has 1 saturated heterocycles. The second-order valence-corrected chi connectivity index (χ2v) is 4.02. The van der Waals surface area contributed by atoms with Gasteiger partial charge in [0, 0.05) is 19.1 Å². The standard InChI is InChI=1S/C10H17NO3/c1-13-10(12)7-14-9-4-5-11(6-9)8-2-3-8/h8-9H,2-7H2,1H3. The van der Waals surface area contributed by atoms with Gasteiger partial charge in [-0.1, -0.05) is 0 Å². The molecule has 0 aromatic carbocycles. The summed E-state index contributed by atoms with van der Waals surface area (Å²) in [5.41, 5.74) is 0. The highest BCUT2D eigenvalue weighted by atomic mass is 16.6. The molecule has 1 aliphatic heterocycles. The van der Waals surface area contributed by atoms with E-state index < -0.39 is 0 Å². The van der Waals surface area contributed by atoms with E-state index in [9.17, 15) is 4.79 Å². The summed E-state index contributed by atoms with van der Waals surface area (Å²) in [6, 6.07) is 0.807. The zero-order valence-corrected chi connectivity index (χ0v) is 8.57. The van der Waals surface area contributed by atoms with E-state index in [2.05, 4.69) is 9.64 Å². The lowest BCUT2D eigenvalue weighted by Crippen LogP contribution is -2.26. The molecule has 2 rings (SSSR count). The zero-order chi connectivity index (χ0) is 9.97. The third kappa shape index (κ3) is 2.45. The molecule has 14 heavy (non-hydrogen) atoms. The number of ether oxygens (including phenoxy) is 2. The smallest absolute Gasteiger partial charge is 0.331 e. The minimum atomic E-state index is -0.283. The number of rotatable bonds is 4. The molecule has 0 spiro atoms. The van der Waals surface area contributed by atoms with Crippen molar-refractivity contribution >= 4 is 5.97 Å². The van der Waals surface area contributed by atoms with E-state index in [4.69, 9.17) is 4.74 Å². The van der Waals surface area contributed by atoms with Crippen molar-refractivity contribution in [2.45, 2.75) is 31.4 Å². The van der Waals surface area contributed by atoms with Gasteiger partial charge in [0.25, 0.3) is 0 Å². The van der Waals surface area contributed by atoms with Crippen LogP contribution in [-0.2, 0) is 14.3 Å². The predicted molar refractivity (Wildman–Crippen MR) is 51.0 cm³/mol. The lowest BCUT2D eigenvalue weighted by Gasteiger charge is -2.14. The maximum atomic E-state index is 10.8. The van der Waals surface area contributed by atoms with Crippen molar-refractivity contribution in [3.05, 3.63) is 0 Å². The van der Waals surface area contributed by atoms with Crippen molar-refractivity contribution < 1.29 is 14.3 Å². The molecule has 0 radical (unpaired) electrons. The fourth-order valence-corrected chi connectivity index (χ4v) is 1.91. The first-order valence-corrected chi connectivity index (χ1v) is 5.22. The highest BCUT2D eigenvalue weighted by Gasteiger charge is 2.34. The Kier molecular flexibility index (Phi) is 3.03. The molecule has 1 aliphatic carbocycles. The molecule has 4 nitrogen and oxygen atoms in total. The van der Waals surface area contributed by atoms with Gasteiger partial charge in [-0.05, 0) is 19.3 Å². The van der Waals surface area contributed by atoms with Crippen LogP contribution in [0.4, 0.5) is 0 Å². The van der Waals surface area contributed by atoms with E-state index in [1.54, 1.807) is 0 Å².